The van der Waals surface area contributed by atoms with Crippen molar-refractivity contribution in [2.75, 3.05) is 13.7 Å². The molecule has 0 fully saturated rings. The van der Waals surface area contributed by atoms with Crippen LogP contribution in [-0.4, -0.2) is 31.7 Å². The lowest BCUT2D eigenvalue weighted by molar-refractivity contribution is -0.144. The summed E-state index contributed by atoms with van der Waals surface area (Å²) in [6, 6.07) is -1.000. The summed E-state index contributed by atoms with van der Waals surface area (Å²) in [6.07, 6.45) is 0. The quantitative estimate of drug-likeness (QED) is 0.585. The Morgan fingerprint density at radius 3 is 2.50 bits per heavy atom. The molecular weight excluding hydrogens is 160 g/mol. The molecule has 0 aromatic heterocycles. The number of urea groups is 1. The maximum absolute atomic E-state index is 10.9. The summed E-state index contributed by atoms with van der Waals surface area (Å²) in [4.78, 5) is 21.6. The van der Waals surface area contributed by atoms with Crippen molar-refractivity contribution in [1.82, 2.24) is 10.6 Å². The molecular formula is C7H14N2O3. The predicted octanol–water partition coefficient (Wildman–Crippen LogP) is -0.133. The molecule has 2 amide bonds. The van der Waals surface area contributed by atoms with Crippen LogP contribution in [0.2, 0.25) is 0 Å². The third kappa shape index (κ3) is 3.80. The zero-order valence-corrected chi connectivity index (χ0v) is 7.51. The largest absolute Gasteiger partial charge is 0.464 e. The maximum atomic E-state index is 10.9. The number of hydrogen-bond acceptors (Lipinski definition) is 3. The van der Waals surface area contributed by atoms with Gasteiger partial charge < -0.3 is 15.4 Å². The van der Waals surface area contributed by atoms with Crippen LogP contribution >= 0.6 is 0 Å². The fourth-order valence-corrected chi connectivity index (χ4v) is 0.595. The van der Waals surface area contributed by atoms with E-state index in [9.17, 15) is 9.59 Å². The van der Waals surface area contributed by atoms with Crippen LogP contribution < -0.4 is 10.6 Å². The Morgan fingerprint density at radius 2 is 2.08 bits per heavy atom. The van der Waals surface area contributed by atoms with Crippen LogP contribution in [0.25, 0.3) is 0 Å². The first-order valence-electron chi connectivity index (χ1n) is 3.76. The van der Waals surface area contributed by atoms with E-state index in [0.29, 0.717) is 6.61 Å². The minimum absolute atomic E-state index is 0.318. The molecule has 0 radical (unpaired) electrons. The fraction of sp³-hybridized carbons (Fsp3) is 0.714. The SMILES string of the molecule is CCOC(=O)C(C)NC(=O)NC. The molecule has 0 rings (SSSR count). The average molecular weight is 174 g/mol. The molecule has 0 aliphatic heterocycles. The van der Waals surface area contributed by atoms with Gasteiger partial charge in [0.25, 0.3) is 0 Å². The van der Waals surface area contributed by atoms with Gasteiger partial charge in [0.15, 0.2) is 0 Å². The molecule has 0 aromatic carbocycles. The number of nitrogens with one attached hydrogen (secondary N) is 2. The molecule has 0 bridgehead atoms. The van der Waals surface area contributed by atoms with Crippen molar-refractivity contribution in [2.45, 2.75) is 19.9 Å². The lowest BCUT2D eigenvalue weighted by Crippen LogP contribution is -2.43. The van der Waals surface area contributed by atoms with Crippen LogP contribution in [0.15, 0.2) is 0 Å². The number of carbonyl (C=O) groups excluding carboxylic acids is 2. The Balaban J connectivity index is 3.78. The highest BCUT2D eigenvalue weighted by molar-refractivity contribution is 5.82. The summed E-state index contributed by atoms with van der Waals surface area (Å²) in [7, 11) is 1.48. The molecule has 1 atom stereocenters. The molecule has 5 heteroatoms. The van der Waals surface area contributed by atoms with Crippen molar-refractivity contribution < 1.29 is 14.3 Å². The van der Waals surface area contributed by atoms with E-state index in [4.69, 9.17) is 0 Å². The third-order valence-corrected chi connectivity index (χ3v) is 1.21. The minimum Gasteiger partial charge on any atom is -0.464 e. The Bertz CT molecular complexity index is 170. The molecule has 0 saturated heterocycles. The van der Waals surface area contributed by atoms with Crippen molar-refractivity contribution in [3.63, 3.8) is 0 Å². The first-order chi connectivity index (χ1) is 5.61. The minimum atomic E-state index is -0.607. The number of carbonyl (C=O) groups is 2. The van der Waals surface area contributed by atoms with Crippen LogP contribution in [0.3, 0.4) is 0 Å². The first kappa shape index (κ1) is 10.7. The van der Waals surface area contributed by atoms with E-state index in [-0.39, 0.29) is 0 Å². The second-order valence-electron chi connectivity index (χ2n) is 2.20. The highest BCUT2D eigenvalue weighted by atomic mass is 16.5. The molecule has 0 aliphatic carbocycles. The zero-order chi connectivity index (χ0) is 9.56. The molecule has 0 aliphatic rings. The Hall–Kier alpha value is -1.26. The van der Waals surface area contributed by atoms with E-state index in [1.165, 1.54) is 7.05 Å². The van der Waals surface area contributed by atoms with E-state index in [0.717, 1.165) is 0 Å². The first-order valence-corrected chi connectivity index (χ1v) is 3.76. The van der Waals surface area contributed by atoms with Gasteiger partial charge in [0, 0.05) is 7.05 Å². The topological polar surface area (TPSA) is 67.4 Å². The van der Waals surface area contributed by atoms with Crippen LogP contribution in [0.4, 0.5) is 4.79 Å². The van der Waals surface area contributed by atoms with E-state index in [1.807, 2.05) is 0 Å². The Kier molecular flexibility index (Phi) is 4.83. The summed E-state index contributed by atoms with van der Waals surface area (Å²) >= 11 is 0. The normalized spacial score (nSPS) is 11.6. The smallest absolute Gasteiger partial charge is 0.328 e. The highest BCUT2D eigenvalue weighted by Crippen LogP contribution is 1.86. The molecule has 1 unspecified atom stereocenters. The Morgan fingerprint density at radius 1 is 1.50 bits per heavy atom. The monoisotopic (exact) mass is 174 g/mol. The highest BCUT2D eigenvalue weighted by Gasteiger charge is 2.14. The predicted molar refractivity (Wildman–Crippen MR) is 43.7 cm³/mol. The van der Waals surface area contributed by atoms with Crippen LogP contribution in [0.5, 0.6) is 0 Å². The fourth-order valence-electron chi connectivity index (χ4n) is 0.595. The van der Waals surface area contributed by atoms with Crippen molar-refractivity contribution in [1.29, 1.82) is 0 Å². The third-order valence-electron chi connectivity index (χ3n) is 1.21. The summed E-state index contributed by atoms with van der Waals surface area (Å²) < 4.78 is 4.67. The molecule has 70 valence electrons. The van der Waals surface area contributed by atoms with Crippen molar-refractivity contribution in [3.05, 3.63) is 0 Å². The van der Waals surface area contributed by atoms with Crippen LogP contribution in [0.1, 0.15) is 13.8 Å². The van der Waals surface area contributed by atoms with Gasteiger partial charge in [0.1, 0.15) is 6.04 Å². The summed E-state index contributed by atoms with van der Waals surface area (Å²) in [5, 5.41) is 4.72. The molecule has 5 nitrogen and oxygen atoms in total. The summed E-state index contributed by atoms with van der Waals surface area (Å²) in [6.45, 7) is 3.59. The molecule has 2 N–H and O–H groups in total. The van der Waals surface area contributed by atoms with Crippen molar-refractivity contribution in [3.8, 4) is 0 Å². The van der Waals surface area contributed by atoms with E-state index >= 15 is 0 Å². The molecule has 0 heterocycles. The van der Waals surface area contributed by atoms with Gasteiger partial charge in [-0.1, -0.05) is 0 Å². The van der Waals surface area contributed by atoms with Gasteiger partial charge in [-0.05, 0) is 13.8 Å². The second-order valence-corrected chi connectivity index (χ2v) is 2.20. The maximum Gasteiger partial charge on any atom is 0.328 e. The van der Waals surface area contributed by atoms with Gasteiger partial charge in [-0.2, -0.15) is 0 Å². The molecule has 12 heavy (non-hydrogen) atoms. The zero-order valence-electron chi connectivity index (χ0n) is 7.51. The van der Waals surface area contributed by atoms with Gasteiger partial charge in [0.2, 0.25) is 0 Å². The second kappa shape index (κ2) is 5.40. The van der Waals surface area contributed by atoms with Gasteiger partial charge >= 0.3 is 12.0 Å². The Labute approximate surface area is 71.5 Å². The van der Waals surface area contributed by atoms with E-state index in [1.54, 1.807) is 13.8 Å². The van der Waals surface area contributed by atoms with Crippen LogP contribution in [-0.2, 0) is 9.53 Å². The number of hydrogen-bond donors (Lipinski definition) is 2. The number of amides is 2. The lowest BCUT2D eigenvalue weighted by Gasteiger charge is -2.11. The lowest BCUT2D eigenvalue weighted by atomic mass is 10.3. The van der Waals surface area contributed by atoms with Crippen LogP contribution in [0, 0.1) is 0 Å². The van der Waals surface area contributed by atoms with Crippen molar-refractivity contribution >= 4 is 12.0 Å². The van der Waals surface area contributed by atoms with Gasteiger partial charge in [-0.3, -0.25) is 0 Å². The van der Waals surface area contributed by atoms with E-state index < -0.39 is 18.0 Å². The summed E-state index contributed by atoms with van der Waals surface area (Å²) in [5.74, 6) is -0.430. The number of ether oxygens (including phenoxy) is 1. The number of rotatable bonds is 3. The molecule has 0 saturated carbocycles. The molecule has 0 aromatic rings. The van der Waals surface area contributed by atoms with Gasteiger partial charge in [-0.15, -0.1) is 0 Å². The number of esters is 1. The summed E-state index contributed by atoms with van der Waals surface area (Å²) in [5.41, 5.74) is 0. The van der Waals surface area contributed by atoms with Gasteiger partial charge in [0.05, 0.1) is 6.61 Å². The standard InChI is InChI=1S/C7H14N2O3/c1-4-12-6(10)5(2)9-7(11)8-3/h5H,4H2,1-3H3,(H2,8,9,11). The van der Waals surface area contributed by atoms with E-state index in [2.05, 4.69) is 15.4 Å². The average Bonchev–Trinajstić information content (AvgIpc) is 2.04. The molecule has 0 spiro atoms. The van der Waals surface area contributed by atoms with Gasteiger partial charge in [-0.25, -0.2) is 9.59 Å². The van der Waals surface area contributed by atoms with Crippen molar-refractivity contribution in [2.24, 2.45) is 0 Å².